The molecule has 1 N–H and O–H groups in total. The molecule has 1 rings (SSSR count). The van der Waals surface area contributed by atoms with E-state index in [0.29, 0.717) is 18.9 Å². The third-order valence-electron chi connectivity index (χ3n) is 3.60. The molecule has 0 aromatic rings. The van der Waals surface area contributed by atoms with Gasteiger partial charge in [0.2, 0.25) is 0 Å². The SMILES string of the molecule is CNC(CN1CCCC(C(F)(F)F)C1)C(C)C. The van der Waals surface area contributed by atoms with Gasteiger partial charge in [0.25, 0.3) is 0 Å². The molecule has 2 unspecified atom stereocenters. The summed E-state index contributed by atoms with van der Waals surface area (Å²) in [6.45, 7) is 5.84. The lowest BCUT2D eigenvalue weighted by atomic mass is 9.96. The predicted octanol–water partition coefficient (Wildman–Crippen LogP) is 2.50. The number of hydrogen-bond acceptors (Lipinski definition) is 2. The summed E-state index contributed by atoms with van der Waals surface area (Å²) in [5.41, 5.74) is 0. The molecular formula is C12H23F3N2. The molecule has 17 heavy (non-hydrogen) atoms. The van der Waals surface area contributed by atoms with Crippen LogP contribution in [0.5, 0.6) is 0 Å². The Labute approximate surface area is 102 Å². The lowest BCUT2D eigenvalue weighted by Crippen LogP contribution is -2.48. The van der Waals surface area contributed by atoms with Crippen molar-refractivity contribution in [1.29, 1.82) is 0 Å². The number of likely N-dealkylation sites (tertiary alicyclic amines) is 1. The van der Waals surface area contributed by atoms with Crippen LogP contribution in [0.2, 0.25) is 0 Å². The first kappa shape index (κ1) is 14.8. The Balaban J connectivity index is 2.49. The van der Waals surface area contributed by atoms with Gasteiger partial charge in [0.1, 0.15) is 0 Å². The maximum atomic E-state index is 12.7. The minimum Gasteiger partial charge on any atom is -0.315 e. The number of likely N-dealkylation sites (N-methyl/N-ethyl adjacent to an activating group) is 1. The molecule has 0 bridgehead atoms. The summed E-state index contributed by atoms with van der Waals surface area (Å²) in [6.07, 6.45) is -3.10. The highest BCUT2D eigenvalue weighted by Gasteiger charge is 2.41. The third kappa shape index (κ3) is 4.47. The second-order valence-corrected chi connectivity index (χ2v) is 5.28. The fourth-order valence-corrected chi connectivity index (χ4v) is 2.40. The van der Waals surface area contributed by atoms with E-state index in [2.05, 4.69) is 19.2 Å². The Kier molecular flexibility index (Phi) is 5.25. The highest BCUT2D eigenvalue weighted by molar-refractivity contribution is 4.81. The average Bonchev–Trinajstić information content (AvgIpc) is 2.24. The topological polar surface area (TPSA) is 15.3 Å². The molecule has 1 heterocycles. The Hall–Kier alpha value is -0.290. The molecule has 0 aliphatic carbocycles. The minimum absolute atomic E-state index is 0.161. The molecule has 0 amide bonds. The summed E-state index contributed by atoms with van der Waals surface area (Å²) < 4.78 is 38.0. The van der Waals surface area contributed by atoms with E-state index >= 15 is 0 Å². The van der Waals surface area contributed by atoms with Gasteiger partial charge < -0.3 is 10.2 Å². The van der Waals surface area contributed by atoms with Crippen molar-refractivity contribution < 1.29 is 13.2 Å². The molecule has 2 atom stereocenters. The highest BCUT2D eigenvalue weighted by Crippen LogP contribution is 2.33. The highest BCUT2D eigenvalue weighted by atomic mass is 19.4. The van der Waals surface area contributed by atoms with Crippen LogP contribution in [0.15, 0.2) is 0 Å². The molecule has 5 heteroatoms. The lowest BCUT2D eigenvalue weighted by Gasteiger charge is -2.36. The van der Waals surface area contributed by atoms with Gasteiger partial charge in [-0.2, -0.15) is 13.2 Å². The van der Waals surface area contributed by atoms with Crippen molar-refractivity contribution >= 4 is 0 Å². The van der Waals surface area contributed by atoms with Gasteiger partial charge in [-0.05, 0) is 32.4 Å². The summed E-state index contributed by atoms with van der Waals surface area (Å²) >= 11 is 0. The Morgan fingerprint density at radius 2 is 2.00 bits per heavy atom. The summed E-state index contributed by atoms with van der Waals surface area (Å²) in [7, 11) is 1.87. The van der Waals surface area contributed by atoms with Crippen LogP contribution in [0.4, 0.5) is 13.2 Å². The number of nitrogens with one attached hydrogen (secondary N) is 1. The quantitative estimate of drug-likeness (QED) is 0.827. The first-order chi connectivity index (χ1) is 7.84. The molecule has 1 fully saturated rings. The number of alkyl halides is 3. The Bertz CT molecular complexity index is 226. The van der Waals surface area contributed by atoms with Crippen LogP contribution in [0.25, 0.3) is 0 Å². The van der Waals surface area contributed by atoms with Crippen LogP contribution in [-0.2, 0) is 0 Å². The van der Waals surface area contributed by atoms with E-state index < -0.39 is 12.1 Å². The fourth-order valence-electron chi connectivity index (χ4n) is 2.40. The van der Waals surface area contributed by atoms with Crippen molar-refractivity contribution in [2.24, 2.45) is 11.8 Å². The van der Waals surface area contributed by atoms with Crippen molar-refractivity contribution in [3.05, 3.63) is 0 Å². The zero-order valence-corrected chi connectivity index (χ0v) is 10.8. The van der Waals surface area contributed by atoms with Crippen molar-refractivity contribution in [1.82, 2.24) is 10.2 Å². The Morgan fingerprint density at radius 1 is 1.35 bits per heavy atom. The maximum Gasteiger partial charge on any atom is 0.393 e. The summed E-state index contributed by atoms with van der Waals surface area (Å²) in [4.78, 5) is 1.95. The van der Waals surface area contributed by atoms with Crippen LogP contribution < -0.4 is 5.32 Å². The van der Waals surface area contributed by atoms with Gasteiger partial charge in [-0.25, -0.2) is 0 Å². The van der Waals surface area contributed by atoms with Crippen LogP contribution in [-0.4, -0.2) is 43.8 Å². The molecule has 1 saturated heterocycles. The van der Waals surface area contributed by atoms with Gasteiger partial charge in [0, 0.05) is 19.1 Å². The van der Waals surface area contributed by atoms with Gasteiger partial charge in [0.15, 0.2) is 0 Å². The van der Waals surface area contributed by atoms with E-state index in [1.807, 2.05) is 11.9 Å². The third-order valence-corrected chi connectivity index (χ3v) is 3.60. The van der Waals surface area contributed by atoms with Gasteiger partial charge in [-0.1, -0.05) is 13.8 Å². The molecule has 1 aliphatic rings. The van der Waals surface area contributed by atoms with Crippen LogP contribution >= 0.6 is 0 Å². The monoisotopic (exact) mass is 252 g/mol. The zero-order chi connectivity index (χ0) is 13.1. The fraction of sp³-hybridized carbons (Fsp3) is 1.00. The number of rotatable bonds is 4. The van der Waals surface area contributed by atoms with E-state index in [1.54, 1.807) is 0 Å². The second-order valence-electron chi connectivity index (χ2n) is 5.28. The molecule has 0 saturated carbocycles. The molecule has 0 radical (unpaired) electrons. The number of hydrogen-bond donors (Lipinski definition) is 1. The van der Waals surface area contributed by atoms with E-state index in [-0.39, 0.29) is 19.0 Å². The normalized spacial score (nSPS) is 25.2. The number of nitrogens with zero attached hydrogens (tertiary/aromatic N) is 1. The van der Waals surface area contributed by atoms with E-state index in [0.717, 1.165) is 6.54 Å². The summed E-state index contributed by atoms with van der Waals surface area (Å²) in [5.74, 6) is -0.702. The molecule has 102 valence electrons. The zero-order valence-electron chi connectivity index (χ0n) is 10.8. The standard InChI is InChI=1S/C12H23F3N2/c1-9(2)11(16-3)8-17-6-4-5-10(7-17)12(13,14)15/h9-11,16H,4-8H2,1-3H3. The maximum absolute atomic E-state index is 12.7. The van der Waals surface area contributed by atoms with Crippen LogP contribution in [0, 0.1) is 11.8 Å². The molecule has 0 spiro atoms. The van der Waals surface area contributed by atoms with Crippen molar-refractivity contribution in [2.75, 3.05) is 26.7 Å². The summed E-state index contributed by atoms with van der Waals surface area (Å²) in [5, 5.41) is 3.18. The van der Waals surface area contributed by atoms with E-state index in [9.17, 15) is 13.2 Å². The van der Waals surface area contributed by atoms with Crippen molar-refractivity contribution in [3.63, 3.8) is 0 Å². The van der Waals surface area contributed by atoms with Gasteiger partial charge >= 0.3 is 6.18 Å². The van der Waals surface area contributed by atoms with Gasteiger partial charge in [-0.15, -0.1) is 0 Å². The minimum atomic E-state index is -4.04. The first-order valence-electron chi connectivity index (χ1n) is 6.31. The number of halogens is 3. The molecular weight excluding hydrogens is 229 g/mol. The molecule has 2 nitrogen and oxygen atoms in total. The predicted molar refractivity (Wildman–Crippen MR) is 62.9 cm³/mol. The first-order valence-corrected chi connectivity index (χ1v) is 6.31. The van der Waals surface area contributed by atoms with Crippen LogP contribution in [0.1, 0.15) is 26.7 Å². The molecule has 0 aromatic carbocycles. The van der Waals surface area contributed by atoms with Crippen molar-refractivity contribution in [2.45, 2.75) is 38.9 Å². The molecule has 1 aliphatic heterocycles. The average molecular weight is 252 g/mol. The van der Waals surface area contributed by atoms with Gasteiger partial charge in [0.05, 0.1) is 5.92 Å². The smallest absolute Gasteiger partial charge is 0.315 e. The number of piperidine rings is 1. The van der Waals surface area contributed by atoms with Gasteiger partial charge in [-0.3, -0.25) is 0 Å². The second kappa shape index (κ2) is 6.05. The largest absolute Gasteiger partial charge is 0.393 e. The van der Waals surface area contributed by atoms with Crippen molar-refractivity contribution in [3.8, 4) is 0 Å². The van der Waals surface area contributed by atoms with Crippen LogP contribution in [0.3, 0.4) is 0 Å². The van der Waals surface area contributed by atoms with E-state index in [4.69, 9.17) is 0 Å². The summed E-state index contributed by atoms with van der Waals surface area (Å²) in [6, 6.07) is 0.266. The lowest BCUT2D eigenvalue weighted by molar-refractivity contribution is -0.187. The van der Waals surface area contributed by atoms with E-state index in [1.165, 1.54) is 0 Å². The Morgan fingerprint density at radius 3 is 2.47 bits per heavy atom. The molecule has 0 aromatic heterocycles.